The predicted octanol–water partition coefficient (Wildman–Crippen LogP) is 12.3. The Bertz CT molecular complexity index is 778. The molecule has 1 aliphatic rings. The van der Waals surface area contributed by atoms with E-state index in [1.807, 2.05) is 4.90 Å². The number of rotatable bonds is 41. The number of esters is 1. The summed E-state index contributed by atoms with van der Waals surface area (Å²) in [4.78, 5) is 32.2. The van der Waals surface area contributed by atoms with Crippen molar-refractivity contribution in [3.05, 3.63) is 0 Å². The van der Waals surface area contributed by atoms with E-state index in [0.29, 0.717) is 19.6 Å². The average Bonchev–Trinajstić information content (AvgIpc) is 3.98. The summed E-state index contributed by atoms with van der Waals surface area (Å²) in [6, 6.07) is 0. The maximum absolute atomic E-state index is 12.9. The van der Waals surface area contributed by atoms with Gasteiger partial charge in [-0.25, -0.2) is 4.79 Å². The Kier molecular flexibility index (Phi) is 35.5. The zero-order chi connectivity index (χ0) is 37.6. The highest BCUT2D eigenvalue weighted by atomic mass is 16.6. The minimum absolute atomic E-state index is 0.00270. The predicted molar refractivity (Wildman–Crippen MR) is 222 cm³/mol. The zero-order valence-corrected chi connectivity index (χ0v) is 35.3. The van der Waals surface area contributed by atoms with Crippen LogP contribution in [0.15, 0.2) is 0 Å². The van der Waals surface area contributed by atoms with Crippen LogP contribution in [0.25, 0.3) is 0 Å². The number of ether oxygens (including phenoxy) is 2. The molecule has 7 nitrogen and oxygen atoms in total. The summed E-state index contributed by atoms with van der Waals surface area (Å²) in [7, 11) is 0. The van der Waals surface area contributed by atoms with E-state index in [4.69, 9.17) is 9.47 Å². The van der Waals surface area contributed by atoms with E-state index < -0.39 is 0 Å². The number of hydrogen-bond acceptors (Lipinski definition) is 6. The second kappa shape index (κ2) is 38.0. The van der Waals surface area contributed by atoms with E-state index in [-0.39, 0.29) is 12.1 Å². The molecule has 0 atom stereocenters. The van der Waals surface area contributed by atoms with E-state index in [2.05, 4.69) is 30.6 Å². The second-order valence-electron chi connectivity index (χ2n) is 15.9. The van der Waals surface area contributed by atoms with E-state index >= 15 is 0 Å². The third kappa shape index (κ3) is 33.2. The van der Waals surface area contributed by atoms with Gasteiger partial charge >= 0.3 is 12.1 Å². The Morgan fingerprint density at radius 2 is 0.827 bits per heavy atom. The molecule has 0 N–H and O–H groups in total. The molecule has 0 aromatic rings. The van der Waals surface area contributed by atoms with Crippen molar-refractivity contribution in [3.63, 3.8) is 0 Å². The lowest BCUT2D eigenvalue weighted by Crippen LogP contribution is -2.33. The molecule has 1 fully saturated rings. The minimum atomic E-state index is -0.0910. The van der Waals surface area contributed by atoms with Crippen LogP contribution in [0, 0.1) is 0 Å². The Hall–Kier alpha value is -1.34. The van der Waals surface area contributed by atoms with Crippen LogP contribution in [0.5, 0.6) is 0 Å². The molecule has 1 aliphatic heterocycles. The highest BCUT2D eigenvalue weighted by molar-refractivity contribution is 5.69. The molecule has 0 bridgehead atoms. The third-order valence-corrected chi connectivity index (χ3v) is 10.8. The highest BCUT2D eigenvalue weighted by Gasteiger charge is 2.16. The number of hydrogen-bond donors (Lipinski definition) is 0. The van der Waals surface area contributed by atoms with Gasteiger partial charge in [0.2, 0.25) is 0 Å². The van der Waals surface area contributed by atoms with Crippen LogP contribution >= 0.6 is 0 Å². The lowest BCUT2D eigenvalue weighted by Gasteiger charge is -2.23. The summed E-state index contributed by atoms with van der Waals surface area (Å²) in [5.74, 6) is -0.00270. The van der Waals surface area contributed by atoms with Gasteiger partial charge in [-0.2, -0.15) is 0 Å². The van der Waals surface area contributed by atoms with Gasteiger partial charge in [0.1, 0.15) is 0 Å². The van der Waals surface area contributed by atoms with E-state index in [9.17, 15) is 9.59 Å². The molecule has 0 aliphatic carbocycles. The summed E-state index contributed by atoms with van der Waals surface area (Å²) in [5.41, 5.74) is 0. The largest absolute Gasteiger partial charge is 0.466 e. The van der Waals surface area contributed by atoms with Crippen molar-refractivity contribution in [1.29, 1.82) is 0 Å². The first-order chi connectivity index (χ1) is 25.6. The first kappa shape index (κ1) is 48.7. The van der Waals surface area contributed by atoms with Crippen LogP contribution in [0.4, 0.5) is 4.79 Å². The maximum Gasteiger partial charge on any atom is 0.409 e. The van der Waals surface area contributed by atoms with Crippen molar-refractivity contribution in [1.82, 2.24) is 14.7 Å². The average molecular weight is 736 g/mol. The molecule has 0 spiro atoms. The number of carbonyl (C=O) groups is 2. The van der Waals surface area contributed by atoms with Gasteiger partial charge in [-0.1, -0.05) is 149 Å². The third-order valence-electron chi connectivity index (χ3n) is 10.8. The summed E-state index contributed by atoms with van der Waals surface area (Å²) in [6.45, 7) is 17.0. The van der Waals surface area contributed by atoms with Gasteiger partial charge < -0.3 is 24.2 Å². The quantitative estimate of drug-likeness (QED) is 0.0354. The van der Waals surface area contributed by atoms with Crippen LogP contribution in [0.3, 0.4) is 0 Å². The van der Waals surface area contributed by atoms with Crippen LogP contribution in [-0.4, -0.2) is 92.3 Å². The lowest BCUT2D eigenvalue weighted by atomic mass is 10.1. The summed E-state index contributed by atoms with van der Waals surface area (Å²) < 4.78 is 11.3. The van der Waals surface area contributed by atoms with Gasteiger partial charge in [0, 0.05) is 32.6 Å². The van der Waals surface area contributed by atoms with Crippen molar-refractivity contribution in [2.24, 2.45) is 0 Å². The van der Waals surface area contributed by atoms with Gasteiger partial charge in [-0.05, 0) is 84.0 Å². The molecule has 7 heteroatoms. The molecule has 52 heavy (non-hydrogen) atoms. The fraction of sp³-hybridized carbons (Fsp3) is 0.956. The summed E-state index contributed by atoms with van der Waals surface area (Å²) >= 11 is 0. The van der Waals surface area contributed by atoms with Gasteiger partial charge in [-0.3, -0.25) is 4.79 Å². The number of unbranched alkanes of at least 4 members (excludes halogenated alkanes) is 23. The van der Waals surface area contributed by atoms with Crippen LogP contribution in [-0.2, 0) is 14.3 Å². The SMILES string of the molecule is CCCCCCCCCCC(=O)OCCCCCCN(CCCCCCOC(=O)N(CCCCCC)CCCCCCCC)CCCCCN1CC1. The van der Waals surface area contributed by atoms with Gasteiger partial charge in [0.15, 0.2) is 0 Å². The summed E-state index contributed by atoms with van der Waals surface area (Å²) in [6.07, 6.45) is 35.8. The molecule has 0 aromatic heterocycles. The van der Waals surface area contributed by atoms with Crippen molar-refractivity contribution in [3.8, 4) is 0 Å². The monoisotopic (exact) mass is 736 g/mol. The van der Waals surface area contributed by atoms with Gasteiger partial charge in [0.05, 0.1) is 13.2 Å². The van der Waals surface area contributed by atoms with Crippen molar-refractivity contribution < 1.29 is 19.1 Å². The first-order valence-corrected chi connectivity index (χ1v) is 23.1. The van der Waals surface area contributed by atoms with Crippen LogP contribution < -0.4 is 0 Å². The Morgan fingerprint density at radius 3 is 1.33 bits per heavy atom. The minimum Gasteiger partial charge on any atom is -0.466 e. The van der Waals surface area contributed by atoms with Crippen LogP contribution in [0.1, 0.15) is 213 Å². The Morgan fingerprint density at radius 1 is 0.442 bits per heavy atom. The van der Waals surface area contributed by atoms with Crippen molar-refractivity contribution in [2.75, 3.05) is 65.6 Å². The lowest BCUT2D eigenvalue weighted by molar-refractivity contribution is -0.143. The summed E-state index contributed by atoms with van der Waals surface area (Å²) in [5, 5.41) is 0. The van der Waals surface area contributed by atoms with Crippen LogP contribution in [0.2, 0.25) is 0 Å². The molecule has 1 heterocycles. The molecule has 0 radical (unpaired) electrons. The number of nitrogens with zero attached hydrogens (tertiary/aromatic N) is 3. The fourth-order valence-electron chi connectivity index (χ4n) is 7.08. The number of carbonyl (C=O) groups excluding carboxylic acids is 2. The van der Waals surface area contributed by atoms with E-state index in [1.54, 1.807) is 0 Å². The smallest absolute Gasteiger partial charge is 0.409 e. The number of amides is 1. The molecule has 0 unspecified atom stereocenters. The molecular formula is C45H89N3O4. The maximum atomic E-state index is 12.9. The molecule has 1 amide bonds. The molecule has 0 saturated carbocycles. The zero-order valence-electron chi connectivity index (χ0n) is 35.3. The first-order valence-electron chi connectivity index (χ1n) is 23.1. The van der Waals surface area contributed by atoms with E-state index in [1.165, 1.54) is 174 Å². The van der Waals surface area contributed by atoms with Gasteiger partial charge in [0.25, 0.3) is 0 Å². The standard InChI is InChI=1S/C45H89N3O4/c1-4-7-10-13-15-16-17-24-33-44(49)51-42-31-21-19-25-34-46(36-27-23-28-37-47-40-41-47)35-26-20-22-32-43-52-45(50)48(38-29-12-9-6-3)39-30-18-14-11-8-5-2/h4-43H2,1-3H3. The second-order valence-corrected chi connectivity index (χ2v) is 15.9. The molecule has 1 saturated heterocycles. The van der Waals surface area contributed by atoms with Gasteiger partial charge in [-0.15, -0.1) is 0 Å². The molecular weight excluding hydrogens is 647 g/mol. The fourth-order valence-corrected chi connectivity index (χ4v) is 7.08. The Labute approximate surface area is 324 Å². The molecule has 308 valence electrons. The van der Waals surface area contributed by atoms with Crippen molar-refractivity contribution >= 4 is 12.1 Å². The molecule has 1 rings (SSSR count). The van der Waals surface area contributed by atoms with Crippen molar-refractivity contribution in [2.45, 2.75) is 213 Å². The van der Waals surface area contributed by atoms with E-state index in [0.717, 1.165) is 64.5 Å². The Balaban J connectivity index is 2.20. The normalized spacial score (nSPS) is 12.8. The highest BCUT2D eigenvalue weighted by Crippen LogP contribution is 2.13. The topological polar surface area (TPSA) is 62.1 Å². The molecule has 0 aromatic carbocycles.